The highest BCUT2D eigenvalue weighted by atomic mass is 16.5. The zero-order valence-electron chi connectivity index (χ0n) is 16.1. The molecule has 2 heterocycles. The van der Waals surface area contributed by atoms with Crippen LogP contribution in [0.5, 0.6) is 17.2 Å². The molecule has 0 aromatic heterocycles. The number of methoxy groups -OCH3 is 1. The topological polar surface area (TPSA) is 62.2 Å². The summed E-state index contributed by atoms with van der Waals surface area (Å²) in [5.41, 5.74) is 2.03. The lowest BCUT2D eigenvalue weighted by Gasteiger charge is -2.32. The van der Waals surface area contributed by atoms with Crippen molar-refractivity contribution in [2.45, 2.75) is 6.54 Å². The van der Waals surface area contributed by atoms with Gasteiger partial charge in [0.05, 0.1) is 18.2 Å². The number of benzene rings is 2. The van der Waals surface area contributed by atoms with E-state index in [1.54, 1.807) is 25.3 Å². The van der Waals surface area contributed by atoms with Crippen molar-refractivity contribution in [3.05, 3.63) is 58.8 Å². The summed E-state index contributed by atoms with van der Waals surface area (Å²) in [6.45, 7) is 4.37. The molecule has 2 aliphatic rings. The number of ketones is 1. The van der Waals surface area contributed by atoms with Crippen LogP contribution < -0.4 is 9.47 Å². The summed E-state index contributed by atoms with van der Waals surface area (Å²) < 4.78 is 11.1. The Bertz CT molecular complexity index is 913. The first-order valence-electron chi connectivity index (χ1n) is 9.39. The Labute approximate surface area is 164 Å². The minimum atomic E-state index is -0.162. The van der Waals surface area contributed by atoms with Crippen LogP contribution in [0, 0.1) is 0 Å². The smallest absolute Gasteiger partial charge is 0.231 e. The number of allylic oxidation sites excluding steroid dienone is 1. The van der Waals surface area contributed by atoms with E-state index in [1.165, 1.54) is 0 Å². The van der Waals surface area contributed by atoms with Gasteiger partial charge in [-0.2, -0.15) is 0 Å². The summed E-state index contributed by atoms with van der Waals surface area (Å²) in [4.78, 5) is 17.4. The molecule has 146 valence electrons. The zero-order chi connectivity index (χ0) is 19.7. The first-order chi connectivity index (χ1) is 13.5. The van der Waals surface area contributed by atoms with Gasteiger partial charge in [-0.15, -0.1) is 0 Å². The number of aromatic hydroxyl groups is 1. The maximum absolute atomic E-state index is 12.8. The molecule has 0 radical (unpaired) electrons. The minimum absolute atomic E-state index is 0.162. The molecule has 2 aliphatic heterocycles. The van der Waals surface area contributed by atoms with Crippen LogP contribution in [0.4, 0.5) is 0 Å². The van der Waals surface area contributed by atoms with Crippen LogP contribution >= 0.6 is 0 Å². The lowest BCUT2D eigenvalue weighted by Crippen LogP contribution is -2.43. The number of hydrogen-bond donors (Lipinski definition) is 1. The average Bonchev–Trinajstić information content (AvgIpc) is 3.02. The Morgan fingerprint density at radius 2 is 1.82 bits per heavy atom. The molecule has 1 saturated heterocycles. The number of hydrogen-bond acceptors (Lipinski definition) is 6. The van der Waals surface area contributed by atoms with E-state index in [0.29, 0.717) is 23.4 Å². The van der Waals surface area contributed by atoms with Crippen LogP contribution in [0.25, 0.3) is 6.08 Å². The number of fused-ring (bicyclic) bond motifs is 1. The van der Waals surface area contributed by atoms with Crippen LogP contribution in [0.3, 0.4) is 0 Å². The van der Waals surface area contributed by atoms with Crippen molar-refractivity contribution in [1.82, 2.24) is 9.80 Å². The van der Waals surface area contributed by atoms with E-state index >= 15 is 0 Å². The monoisotopic (exact) mass is 380 g/mol. The lowest BCUT2D eigenvalue weighted by molar-refractivity contribution is 0.101. The van der Waals surface area contributed by atoms with E-state index in [4.69, 9.17) is 9.47 Å². The average molecular weight is 380 g/mol. The first-order valence-corrected chi connectivity index (χ1v) is 9.39. The maximum atomic E-state index is 12.8. The number of carbonyl (C=O) groups excluding carboxylic acids is 1. The highest BCUT2D eigenvalue weighted by Crippen LogP contribution is 2.40. The zero-order valence-corrected chi connectivity index (χ0v) is 16.1. The molecule has 0 atom stereocenters. The van der Waals surface area contributed by atoms with Gasteiger partial charge in [0.25, 0.3) is 0 Å². The van der Waals surface area contributed by atoms with Crippen molar-refractivity contribution in [3.63, 3.8) is 0 Å². The van der Waals surface area contributed by atoms with Gasteiger partial charge in [0.2, 0.25) is 5.78 Å². The van der Waals surface area contributed by atoms with Crippen LogP contribution in [0.2, 0.25) is 0 Å². The quantitative estimate of drug-likeness (QED) is 0.823. The number of carbonyl (C=O) groups is 1. The third kappa shape index (κ3) is 3.61. The molecule has 0 bridgehead atoms. The molecule has 6 nitrogen and oxygen atoms in total. The van der Waals surface area contributed by atoms with Gasteiger partial charge in [-0.3, -0.25) is 9.69 Å². The number of phenolic OH excluding ortho intramolecular Hbond substituents is 1. The number of piperazine rings is 1. The number of phenols is 1. The third-order valence-electron chi connectivity index (χ3n) is 5.31. The summed E-state index contributed by atoms with van der Waals surface area (Å²) in [5.74, 6) is 1.50. The van der Waals surface area contributed by atoms with Crippen molar-refractivity contribution in [2.75, 3.05) is 40.3 Å². The molecule has 0 saturated carbocycles. The van der Waals surface area contributed by atoms with Crippen molar-refractivity contribution in [2.24, 2.45) is 0 Å². The van der Waals surface area contributed by atoms with Gasteiger partial charge in [-0.25, -0.2) is 0 Å². The second-order valence-electron chi connectivity index (χ2n) is 7.23. The van der Waals surface area contributed by atoms with E-state index in [9.17, 15) is 9.90 Å². The van der Waals surface area contributed by atoms with Gasteiger partial charge in [0.1, 0.15) is 17.2 Å². The van der Waals surface area contributed by atoms with Gasteiger partial charge in [-0.1, -0.05) is 12.1 Å². The molecule has 2 aromatic carbocycles. The standard InChI is InChI=1S/C22H24N2O4/c1-23-9-11-24(12-10-23)14-18-19(25)8-7-17-21(26)20(28-22(17)18)13-15-3-5-16(27-2)6-4-15/h3-8,13,25H,9-12,14H2,1-2H3. The normalized spacial score (nSPS) is 18.9. The van der Waals surface area contributed by atoms with Crippen molar-refractivity contribution in [1.29, 1.82) is 0 Å². The van der Waals surface area contributed by atoms with Crippen molar-refractivity contribution < 1.29 is 19.4 Å². The molecule has 2 aromatic rings. The van der Waals surface area contributed by atoms with E-state index in [-0.39, 0.29) is 17.3 Å². The molecule has 0 unspecified atom stereocenters. The lowest BCUT2D eigenvalue weighted by atomic mass is 10.0. The predicted molar refractivity (Wildman–Crippen MR) is 107 cm³/mol. The second-order valence-corrected chi connectivity index (χ2v) is 7.23. The van der Waals surface area contributed by atoms with Crippen molar-refractivity contribution >= 4 is 11.9 Å². The number of nitrogens with zero attached hydrogens (tertiary/aromatic N) is 2. The summed E-state index contributed by atoms with van der Waals surface area (Å²) >= 11 is 0. The highest BCUT2D eigenvalue weighted by molar-refractivity contribution is 6.15. The fourth-order valence-electron chi connectivity index (χ4n) is 3.53. The Hall–Kier alpha value is -2.83. The predicted octanol–water partition coefficient (Wildman–Crippen LogP) is 2.76. The third-order valence-corrected chi connectivity index (χ3v) is 5.31. The Kier molecular flexibility index (Phi) is 5.07. The Morgan fingerprint density at radius 3 is 2.50 bits per heavy atom. The molecule has 4 rings (SSSR count). The van der Waals surface area contributed by atoms with Crippen LogP contribution in [-0.2, 0) is 6.54 Å². The SMILES string of the molecule is COc1ccc(C=C2Oc3c(ccc(O)c3CN3CCN(C)CC3)C2=O)cc1. The summed E-state index contributed by atoms with van der Waals surface area (Å²) in [7, 11) is 3.72. The molecule has 1 fully saturated rings. The van der Waals surface area contributed by atoms with Gasteiger partial charge < -0.3 is 19.5 Å². The molecule has 0 amide bonds. The number of likely N-dealkylation sites (N-methyl/N-ethyl adjacent to an activating group) is 1. The summed E-state index contributed by atoms with van der Waals surface area (Å²) in [6, 6.07) is 10.6. The molecular formula is C22H24N2O4. The van der Waals surface area contributed by atoms with Gasteiger partial charge >= 0.3 is 0 Å². The van der Waals surface area contributed by atoms with E-state index in [2.05, 4.69) is 16.8 Å². The Balaban J connectivity index is 1.60. The number of rotatable bonds is 4. The number of Topliss-reactive ketones (excluding diaryl/α,β-unsaturated/α-hetero) is 1. The van der Waals surface area contributed by atoms with E-state index in [1.807, 2.05) is 24.3 Å². The molecule has 1 N–H and O–H groups in total. The molecule has 28 heavy (non-hydrogen) atoms. The fourth-order valence-corrected chi connectivity index (χ4v) is 3.53. The Morgan fingerprint density at radius 1 is 1.11 bits per heavy atom. The molecule has 6 heteroatoms. The van der Waals surface area contributed by atoms with Gasteiger partial charge in [-0.05, 0) is 43.0 Å². The van der Waals surface area contributed by atoms with Crippen LogP contribution in [0.15, 0.2) is 42.2 Å². The first kappa shape index (κ1) is 18.5. The van der Waals surface area contributed by atoms with Crippen LogP contribution in [-0.4, -0.2) is 61.0 Å². The fraction of sp³-hybridized carbons (Fsp3) is 0.318. The maximum Gasteiger partial charge on any atom is 0.231 e. The van der Waals surface area contributed by atoms with Crippen LogP contribution in [0.1, 0.15) is 21.5 Å². The minimum Gasteiger partial charge on any atom is -0.507 e. The van der Waals surface area contributed by atoms with E-state index in [0.717, 1.165) is 37.5 Å². The van der Waals surface area contributed by atoms with E-state index < -0.39 is 0 Å². The summed E-state index contributed by atoms with van der Waals surface area (Å²) in [5, 5.41) is 10.4. The van der Waals surface area contributed by atoms with Gasteiger partial charge in [0.15, 0.2) is 5.76 Å². The van der Waals surface area contributed by atoms with Crippen molar-refractivity contribution in [3.8, 4) is 17.2 Å². The largest absolute Gasteiger partial charge is 0.507 e. The molecule has 0 aliphatic carbocycles. The second kappa shape index (κ2) is 7.66. The molecule has 0 spiro atoms. The van der Waals surface area contributed by atoms with Gasteiger partial charge in [0, 0.05) is 32.7 Å². The summed E-state index contributed by atoms with van der Waals surface area (Å²) in [6.07, 6.45) is 1.72. The molecular weight excluding hydrogens is 356 g/mol. The highest BCUT2D eigenvalue weighted by Gasteiger charge is 2.32. The number of ether oxygens (including phenoxy) is 2.